The minimum absolute atomic E-state index is 0.223. The molecule has 0 spiro atoms. The molecule has 1 aliphatic heterocycles. The maximum atomic E-state index is 12.2. The first kappa shape index (κ1) is 13.3. The van der Waals surface area contributed by atoms with Gasteiger partial charge in [-0.15, -0.1) is 0 Å². The van der Waals surface area contributed by atoms with Crippen LogP contribution < -0.4 is 5.32 Å². The van der Waals surface area contributed by atoms with Crippen LogP contribution in [0.25, 0.3) is 0 Å². The molecule has 1 aliphatic rings. The van der Waals surface area contributed by atoms with Crippen molar-refractivity contribution in [2.45, 2.75) is 12.8 Å². The van der Waals surface area contributed by atoms with Gasteiger partial charge in [0.2, 0.25) is 0 Å². The van der Waals surface area contributed by atoms with Gasteiger partial charge in [0.05, 0.1) is 0 Å². The molecule has 0 aliphatic carbocycles. The highest BCUT2D eigenvalue weighted by Gasteiger charge is 2.34. The number of rotatable bonds is 3. The van der Waals surface area contributed by atoms with Gasteiger partial charge in [0.25, 0.3) is 11.8 Å². The number of nitrogens with one attached hydrogen (secondary N) is 1. The Morgan fingerprint density at radius 3 is 1.62 bits per heavy atom. The third-order valence-corrected chi connectivity index (χ3v) is 3.77. The summed E-state index contributed by atoms with van der Waals surface area (Å²) in [4.78, 5) is 24.0. The Morgan fingerprint density at radius 2 is 1.24 bits per heavy atom. The number of hydrogen-bond donors (Lipinski definition) is 1. The van der Waals surface area contributed by atoms with E-state index >= 15 is 0 Å². The number of imide groups is 1. The van der Waals surface area contributed by atoms with E-state index in [2.05, 4.69) is 5.32 Å². The lowest BCUT2D eigenvalue weighted by atomic mass is 9.83. The van der Waals surface area contributed by atoms with E-state index < -0.39 is 0 Å². The second-order valence-electron chi connectivity index (χ2n) is 5.08. The van der Waals surface area contributed by atoms with E-state index in [1.807, 2.05) is 60.7 Å². The molecular weight excluding hydrogens is 262 g/mol. The van der Waals surface area contributed by atoms with Crippen LogP contribution in [-0.4, -0.2) is 11.8 Å². The third kappa shape index (κ3) is 2.38. The largest absolute Gasteiger partial charge is 0.289 e. The normalized spacial score (nSPS) is 14.8. The lowest BCUT2D eigenvalue weighted by Gasteiger charge is -2.19. The van der Waals surface area contributed by atoms with Gasteiger partial charge < -0.3 is 0 Å². The zero-order valence-electron chi connectivity index (χ0n) is 11.7. The van der Waals surface area contributed by atoms with Crippen LogP contribution in [0, 0.1) is 0 Å². The number of benzene rings is 2. The highest BCUT2D eigenvalue weighted by Crippen LogP contribution is 2.35. The van der Waals surface area contributed by atoms with E-state index in [-0.39, 0.29) is 17.7 Å². The lowest BCUT2D eigenvalue weighted by molar-refractivity contribution is -0.124. The summed E-state index contributed by atoms with van der Waals surface area (Å²) in [5, 5.41) is 2.38. The van der Waals surface area contributed by atoms with Crippen LogP contribution in [0.1, 0.15) is 24.0 Å². The van der Waals surface area contributed by atoms with Crippen LogP contribution in [0.15, 0.2) is 71.8 Å². The van der Waals surface area contributed by atoms with Crippen molar-refractivity contribution in [3.63, 3.8) is 0 Å². The minimum atomic E-state index is -0.299. The van der Waals surface area contributed by atoms with Crippen LogP contribution >= 0.6 is 0 Å². The molecule has 3 nitrogen and oxygen atoms in total. The van der Waals surface area contributed by atoms with Crippen LogP contribution in [0.2, 0.25) is 0 Å². The molecule has 2 amide bonds. The summed E-state index contributed by atoms with van der Waals surface area (Å²) in [5.41, 5.74) is 3.04. The number of carbonyl (C=O) groups is 2. The maximum absolute atomic E-state index is 12.2. The molecule has 3 heteroatoms. The van der Waals surface area contributed by atoms with Crippen molar-refractivity contribution in [1.82, 2.24) is 5.32 Å². The molecule has 2 aromatic rings. The Bertz CT molecular complexity index is 678. The van der Waals surface area contributed by atoms with Crippen molar-refractivity contribution in [2.24, 2.45) is 0 Å². The summed E-state index contributed by atoms with van der Waals surface area (Å²) in [7, 11) is 0. The number of amides is 2. The van der Waals surface area contributed by atoms with Gasteiger partial charge in [-0.3, -0.25) is 14.9 Å². The van der Waals surface area contributed by atoms with Crippen molar-refractivity contribution < 1.29 is 9.59 Å². The molecule has 0 fully saturated rings. The Hall–Kier alpha value is -2.68. The molecule has 0 radical (unpaired) electrons. The summed E-state index contributed by atoms with van der Waals surface area (Å²) in [5.74, 6) is -0.819. The highest BCUT2D eigenvalue weighted by molar-refractivity contribution is 6.20. The fraction of sp³-hybridized carbons (Fsp3) is 0.111. The van der Waals surface area contributed by atoms with Gasteiger partial charge in [-0.25, -0.2) is 0 Å². The van der Waals surface area contributed by atoms with Gasteiger partial charge >= 0.3 is 0 Å². The second kappa shape index (κ2) is 5.37. The van der Waals surface area contributed by atoms with E-state index in [0.717, 1.165) is 11.1 Å². The Balaban J connectivity index is 2.19. The smallest absolute Gasteiger partial charge is 0.255 e. The molecule has 21 heavy (non-hydrogen) atoms. The molecule has 0 saturated carbocycles. The lowest BCUT2D eigenvalue weighted by Crippen LogP contribution is -2.24. The Kier molecular flexibility index (Phi) is 3.40. The monoisotopic (exact) mass is 277 g/mol. The summed E-state index contributed by atoms with van der Waals surface area (Å²) in [6, 6.07) is 19.6. The topological polar surface area (TPSA) is 46.2 Å². The van der Waals surface area contributed by atoms with E-state index in [1.165, 1.54) is 0 Å². The standard InChI is InChI=1S/C18H15NO2/c1-12-15(18(21)19-17(12)20)16(13-8-4-2-5-9-13)14-10-6-3-7-11-14/h2-11,16H,1H3,(H,19,20,21). The van der Waals surface area contributed by atoms with E-state index in [0.29, 0.717) is 11.1 Å². The van der Waals surface area contributed by atoms with Crippen molar-refractivity contribution >= 4 is 11.8 Å². The fourth-order valence-corrected chi connectivity index (χ4v) is 2.72. The van der Waals surface area contributed by atoms with Crippen molar-refractivity contribution in [2.75, 3.05) is 0 Å². The molecule has 0 aromatic heterocycles. The van der Waals surface area contributed by atoms with Crippen LogP contribution in [-0.2, 0) is 9.59 Å². The Labute approximate surface area is 123 Å². The first-order valence-electron chi connectivity index (χ1n) is 6.85. The molecule has 1 N–H and O–H groups in total. The number of hydrogen-bond acceptors (Lipinski definition) is 2. The van der Waals surface area contributed by atoms with E-state index in [4.69, 9.17) is 0 Å². The highest BCUT2D eigenvalue weighted by atomic mass is 16.2. The van der Waals surface area contributed by atoms with Crippen molar-refractivity contribution in [3.05, 3.63) is 82.9 Å². The predicted molar refractivity (Wildman–Crippen MR) is 80.6 cm³/mol. The molecule has 104 valence electrons. The molecule has 3 rings (SSSR count). The van der Waals surface area contributed by atoms with Crippen molar-refractivity contribution in [3.8, 4) is 0 Å². The fourth-order valence-electron chi connectivity index (χ4n) is 2.72. The first-order chi connectivity index (χ1) is 10.2. The first-order valence-corrected chi connectivity index (χ1v) is 6.85. The molecule has 2 aromatic carbocycles. The second-order valence-corrected chi connectivity index (χ2v) is 5.08. The molecule has 0 atom stereocenters. The van der Waals surface area contributed by atoms with Crippen molar-refractivity contribution in [1.29, 1.82) is 0 Å². The van der Waals surface area contributed by atoms with Gasteiger partial charge in [0, 0.05) is 17.1 Å². The van der Waals surface area contributed by atoms with Gasteiger partial charge in [-0.2, -0.15) is 0 Å². The third-order valence-electron chi connectivity index (χ3n) is 3.77. The zero-order valence-corrected chi connectivity index (χ0v) is 11.7. The quantitative estimate of drug-likeness (QED) is 0.877. The van der Waals surface area contributed by atoms with Gasteiger partial charge in [-0.05, 0) is 18.1 Å². The molecule has 0 saturated heterocycles. The van der Waals surface area contributed by atoms with E-state index in [9.17, 15) is 9.59 Å². The Morgan fingerprint density at radius 1 is 0.762 bits per heavy atom. The van der Waals surface area contributed by atoms with Crippen LogP contribution in [0.3, 0.4) is 0 Å². The average Bonchev–Trinajstić information content (AvgIpc) is 2.76. The molecule has 1 heterocycles. The zero-order chi connectivity index (χ0) is 14.8. The van der Waals surface area contributed by atoms with Gasteiger partial charge in [0.1, 0.15) is 0 Å². The summed E-state index contributed by atoms with van der Waals surface area (Å²) < 4.78 is 0. The number of carbonyl (C=O) groups excluding carboxylic acids is 2. The molecule has 0 unspecified atom stereocenters. The molecular formula is C18H15NO2. The predicted octanol–water partition coefficient (Wildman–Crippen LogP) is 2.79. The van der Waals surface area contributed by atoms with Crippen LogP contribution in [0.5, 0.6) is 0 Å². The minimum Gasteiger partial charge on any atom is -0.289 e. The summed E-state index contributed by atoms with van der Waals surface area (Å²) >= 11 is 0. The van der Waals surface area contributed by atoms with Gasteiger partial charge in [0.15, 0.2) is 0 Å². The maximum Gasteiger partial charge on any atom is 0.255 e. The van der Waals surface area contributed by atoms with E-state index in [1.54, 1.807) is 6.92 Å². The SMILES string of the molecule is CC1=C(C(c2ccccc2)c2ccccc2)C(=O)NC1=O. The molecule has 0 bridgehead atoms. The summed E-state index contributed by atoms with van der Waals surface area (Å²) in [6.45, 7) is 1.70. The van der Waals surface area contributed by atoms with Crippen LogP contribution in [0.4, 0.5) is 0 Å². The average molecular weight is 277 g/mol. The van der Waals surface area contributed by atoms with Gasteiger partial charge in [-0.1, -0.05) is 60.7 Å². The summed E-state index contributed by atoms with van der Waals surface area (Å²) in [6.07, 6.45) is 0.